The molecule has 90 valence electrons. The van der Waals surface area contributed by atoms with Crippen LogP contribution in [-0.4, -0.2) is 44.0 Å². The molecule has 0 aliphatic heterocycles. The average Bonchev–Trinajstić information content (AvgIpc) is 2.67. The summed E-state index contributed by atoms with van der Waals surface area (Å²) in [5.41, 5.74) is 0.490. The molecule has 0 heterocycles. The minimum Gasteiger partial charge on any atom is -0.380 e. The Morgan fingerprint density at radius 3 is 2.53 bits per heavy atom. The zero-order valence-corrected chi connectivity index (χ0v) is 11.1. The molecular formula is C12H25NOS. The van der Waals surface area contributed by atoms with Crippen molar-refractivity contribution in [1.29, 1.82) is 0 Å². The van der Waals surface area contributed by atoms with Crippen LogP contribution in [0.2, 0.25) is 0 Å². The van der Waals surface area contributed by atoms with Crippen LogP contribution in [0.15, 0.2) is 0 Å². The van der Waals surface area contributed by atoms with E-state index in [1.807, 2.05) is 6.92 Å². The molecule has 0 aromatic heterocycles. The van der Waals surface area contributed by atoms with E-state index in [-0.39, 0.29) is 0 Å². The summed E-state index contributed by atoms with van der Waals surface area (Å²) in [5, 5.41) is 0. The monoisotopic (exact) mass is 231 g/mol. The summed E-state index contributed by atoms with van der Waals surface area (Å²) in [7, 11) is 2.20. The van der Waals surface area contributed by atoms with Crippen molar-refractivity contribution in [3.63, 3.8) is 0 Å². The average molecular weight is 231 g/mol. The summed E-state index contributed by atoms with van der Waals surface area (Å²) in [4.78, 5) is 2.40. The second-order valence-corrected chi connectivity index (χ2v) is 5.12. The predicted octanol–water partition coefficient (Wildman–Crippen LogP) is 2.44. The fourth-order valence-corrected chi connectivity index (χ4v) is 2.92. The molecule has 1 aliphatic carbocycles. The molecule has 0 N–H and O–H groups in total. The maximum Gasteiger partial charge on any atom is 0.0593 e. The third kappa shape index (κ3) is 4.33. The fourth-order valence-electron chi connectivity index (χ4n) is 2.51. The first-order chi connectivity index (χ1) is 7.22. The highest BCUT2D eigenvalue weighted by molar-refractivity contribution is 7.80. The molecule has 3 heteroatoms. The minimum atomic E-state index is 0.490. The van der Waals surface area contributed by atoms with Crippen LogP contribution < -0.4 is 0 Å². The maximum atomic E-state index is 5.37. The Labute approximate surface area is 99.8 Å². The lowest BCUT2D eigenvalue weighted by Gasteiger charge is -2.32. The van der Waals surface area contributed by atoms with Crippen LogP contribution in [-0.2, 0) is 4.74 Å². The summed E-state index contributed by atoms with van der Waals surface area (Å²) in [6, 6.07) is 0. The lowest BCUT2D eigenvalue weighted by atomic mass is 9.88. The van der Waals surface area contributed by atoms with E-state index in [0.29, 0.717) is 5.41 Å². The first kappa shape index (κ1) is 13.3. The Hall–Kier alpha value is 0.270. The van der Waals surface area contributed by atoms with Gasteiger partial charge in [0.25, 0.3) is 0 Å². The van der Waals surface area contributed by atoms with E-state index in [2.05, 4.69) is 24.6 Å². The maximum absolute atomic E-state index is 5.37. The highest BCUT2D eigenvalue weighted by Gasteiger charge is 2.33. The molecule has 0 aromatic rings. The lowest BCUT2D eigenvalue weighted by molar-refractivity contribution is 0.106. The van der Waals surface area contributed by atoms with E-state index < -0.39 is 0 Å². The standard InChI is InChI=1S/C12H25NOS/c1-3-14-9-8-13(2)10-12(11-15)6-4-5-7-12/h15H,3-11H2,1-2H3. The van der Waals surface area contributed by atoms with E-state index in [1.54, 1.807) is 0 Å². The van der Waals surface area contributed by atoms with Crippen molar-refractivity contribution in [1.82, 2.24) is 4.90 Å². The van der Waals surface area contributed by atoms with Gasteiger partial charge in [0.15, 0.2) is 0 Å². The van der Waals surface area contributed by atoms with Gasteiger partial charge in [-0.1, -0.05) is 12.8 Å². The highest BCUT2D eigenvalue weighted by atomic mass is 32.1. The molecule has 0 bridgehead atoms. The normalized spacial score (nSPS) is 20.0. The first-order valence-electron chi connectivity index (χ1n) is 6.09. The van der Waals surface area contributed by atoms with E-state index in [0.717, 1.165) is 25.5 Å². The van der Waals surface area contributed by atoms with Gasteiger partial charge in [-0.25, -0.2) is 0 Å². The number of likely N-dealkylation sites (N-methyl/N-ethyl adjacent to an activating group) is 1. The summed E-state index contributed by atoms with van der Waals surface area (Å²) in [6.07, 6.45) is 5.49. The molecule has 0 amide bonds. The highest BCUT2D eigenvalue weighted by Crippen LogP contribution is 2.39. The topological polar surface area (TPSA) is 12.5 Å². The van der Waals surface area contributed by atoms with Crippen molar-refractivity contribution in [3.05, 3.63) is 0 Å². The molecule has 1 rings (SSSR count). The van der Waals surface area contributed by atoms with Crippen molar-refractivity contribution < 1.29 is 4.74 Å². The number of nitrogens with zero attached hydrogens (tertiary/aromatic N) is 1. The number of hydrogen-bond donors (Lipinski definition) is 1. The quantitative estimate of drug-likeness (QED) is 0.534. The van der Waals surface area contributed by atoms with E-state index in [9.17, 15) is 0 Å². The molecule has 2 nitrogen and oxygen atoms in total. The smallest absolute Gasteiger partial charge is 0.0593 e. The van der Waals surface area contributed by atoms with Gasteiger partial charge in [0.1, 0.15) is 0 Å². The van der Waals surface area contributed by atoms with Gasteiger partial charge in [0.2, 0.25) is 0 Å². The van der Waals surface area contributed by atoms with Crippen LogP contribution >= 0.6 is 12.6 Å². The van der Waals surface area contributed by atoms with Crippen molar-refractivity contribution in [2.75, 3.05) is 39.1 Å². The van der Waals surface area contributed by atoms with Crippen LogP contribution in [0.25, 0.3) is 0 Å². The summed E-state index contributed by atoms with van der Waals surface area (Å²) in [6.45, 7) is 5.96. The van der Waals surface area contributed by atoms with Crippen molar-refractivity contribution in [2.24, 2.45) is 5.41 Å². The molecule has 0 saturated heterocycles. The fraction of sp³-hybridized carbons (Fsp3) is 1.00. The van der Waals surface area contributed by atoms with Crippen LogP contribution in [0, 0.1) is 5.41 Å². The molecule has 1 aliphatic rings. The van der Waals surface area contributed by atoms with Crippen LogP contribution in [0.5, 0.6) is 0 Å². The van der Waals surface area contributed by atoms with E-state index in [4.69, 9.17) is 4.74 Å². The molecule has 1 saturated carbocycles. The second-order valence-electron chi connectivity index (χ2n) is 4.80. The number of hydrogen-bond acceptors (Lipinski definition) is 3. The zero-order valence-electron chi connectivity index (χ0n) is 10.2. The molecule has 0 spiro atoms. The molecule has 15 heavy (non-hydrogen) atoms. The molecule has 1 fully saturated rings. The molecule has 0 aromatic carbocycles. The van der Waals surface area contributed by atoms with Crippen LogP contribution in [0.1, 0.15) is 32.6 Å². The van der Waals surface area contributed by atoms with Gasteiger partial charge in [0.05, 0.1) is 6.61 Å². The van der Waals surface area contributed by atoms with Gasteiger partial charge in [-0.05, 0) is 38.0 Å². The Kier molecular flexibility index (Phi) is 6.02. The van der Waals surface area contributed by atoms with Crippen molar-refractivity contribution >= 4 is 12.6 Å². The van der Waals surface area contributed by atoms with Crippen LogP contribution in [0.3, 0.4) is 0 Å². The van der Waals surface area contributed by atoms with Crippen LogP contribution in [0.4, 0.5) is 0 Å². The molecule has 0 unspecified atom stereocenters. The largest absolute Gasteiger partial charge is 0.380 e. The van der Waals surface area contributed by atoms with E-state index in [1.165, 1.54) is 32.2 Å². The van der Waals surface area contributed by atoms with Gasteiger partial charge in [0, 0.05) is 19.7 Å². The third-order valence-corrected chi connectivity index (χ3v) is 4.10. The van der Waals surface area contributed by atoms with Crippen molar-refractivity contribution in [2.45, 2.75) is 32.6 Å². The zero-order chi connectivity index (χ0) is 11.1. The Balaban J connectivity index is 2.25. The minimum absolute atomic E-state index is 0.490. The van der Waals surface area contributed by atoms with Gasteiger partial charge in [-0.15, -0.1) is 0 Å². The summed E-state index contributed by atoms with van der Waals surface area (Å²) in [5.74, 6) is 1.03. The van der Waals surface area contributed by atoms with Gasteiger partial charge < -0.3 is 9.64 Å². The number of ether oxygens (including phenoxy) is 1. The first-order valence-corrected chi connectivity index (χ1v) is 6.73. The number of rotatable bonds is 7. The molecule has 0 atom stereocenters. The summed E-state index contributed by atoms with van der Waals surface area (Å²) < 4.78 is 5.37. The van der Waals surface area contributed by atoms with Crippen molar-refractivity contribution in [3.8, 4) is 0 Å². The Morgan fingerprint density at radius 2 is 2.00 bits per heavy atom. The third-order valence-electron chi connectivity index (χ3n) is 3.43. The van der Waals surface area contributed by atoms with Gasteiger partial charge in [-0.2, -0.15) is 12.6 Å². The molecular weight excluding hydrogens is 206 g/mol. The van der Waals surface area contributed by atoms with Gasteiger partial charge >= 0.3 is 0 Å². The summed E-state index contributed by atoms with van der Waals surface area (Å²) >= 11 is 4.53. The molecule has 0 radical (unpaired) electrons. The predicted molar refractivity (Wildman–Crippen MR) is 68.7 cm³/mol. The van der Waals surface area contributed by atoms with E-state index >= 15 is 0 Å². The lowest BCUT2D eigenvalue weighted by Crippen LogP contribution is -2.36. The Bertz CT molecular complexity index is 169. The SMILES string of the molecule is CCOCCN(C)CC1(CS)CCCC1. The number of thiol groups is 1. The second kappa shape index (κ2) is 6.77. The van der Waals surface area contributed by atoms with Gasteiger partial charge in [-0.3, -0.25) is 0 Å². The Morgan fingerprint density at radius 1 is 1.33 bits per heavy atom.